The van der Waals surface area contributed by atoms with Crippen LogP contribution >= 0.6 is 0 Å². The number of fused-ring (bicyclic) bond motifs is 1. The Hall–Kier alpha value is -1.95. The van der Waals surface area contributed by atoms with Gasteiger partial charge < -0.3 is 10.4 Å². The van der Waals surface area contributed by atoms with E-state index in [4.69, 9.17) is 0 Å². The molecular formula is C14H18N4O2. The van der Waals surface area contributed by atoms with Crippen LogP contribution in [0.25, 0.3) is 11.0 Å². The van der Waals surface area contributed by atoms with E-state index in [1.165, 1.54) is 0 Å². The van der Waals surface area contributed by atoms with Gasteiger partial charge in [-0.1, -0.05) is 0 Å². The molecule has 0 unspecified atom stereocenters. The Morgan fingerprint density at radius 2 is 2.00 bits per heavy atom. The van der Waals surface area contributed by atoms with Gasteiger partial charge in [-0.3, -0.25) is 4.79 Å². The zero-order chi connectivity index (χ0) is 13.9. The molecule has 6 heteroatoms. The number of aromatic amines is 1. The first kappa shape index (κ1) is 13.1. The van der Waals surface area contributed by atoms with Crippen LogP contribution in [0, 0.1) is 5.92 Å². The summed E-state index contributed by atoms with van der Waals surface area (Å²) in [4.78, 5) is 12.1. The molecule has 20 heavy (non-hydrogen) atoms. The summed E-state index contributed by atoms with van der Waals surface area (Å²) < 4.78 is 0. The number of hydrogen-bond acceptors (Lipinski definition) is 4. The quantitative estimate of drug-likeness (QED) is 0.785. The van der Waals surface area contributed by atoms with Gasteiger partial charge in [0, 0.05) is 12.1 Å². The number of aliphatic hydroxyl groups excluding tert-OH is 1. The highest BCUT2D eigenvalue weighted by Gasteiger charge is 2.20. The lowest BCUT2D eigenvalue weighted by atomic mass is 9.87. The highest BCUT2D eigenvalue weighted by molar-refractivity contribution is 5.97. The van der Waals surface area contributed by atoms with Crippen LogP contribution in [0.2, 0.25) is 0 Å². The number of amides is 1. The summed E-state index contributed by atoms with van der Waals surface area (Å²) in [6.45, 7) is 0.669. The molecule has 1 aliphatic rings. The molecule has 1 heterocycles. The maximum absolute atomic E-state index is 12.1. The van der Waals surface area contributed by atoms with E-state index in [0.29, 0.717) is 23.5 Å². The van der Waals surface area contributed by atoms with Crippen molar-refractivity contribution in [3.8, 4) is 0 Å². The number of aromatic nitrogens is 3. The molecule has 1 aromatic carbocycles. The van der Waals surface area contributed by atoms with E-state index in [9.17, 15) is 9.90 Å². The van der Waals surface area contributed by atoms with Crippen molar-refractivity contribution in [3.05, 3.63) is 23.8 Å². The third-order valence-electron chi connectivity index (χ3n) is 3.95. The van der Waals surface area contributed by atoms with E-state index >= 15 is 0 Å². The van der Waals surface area contributed by atoms with E-state index in [1.807, 2.05) is 0 Å². The van der Waals surface area contributed by atoms with Gasteiger partial charge >= 0.3 is 0 Å². The second-order valence-corrected chi connectivity index (χ2v) is 5.41. The third-order valence-corrected chi connectivity index (χ3v) is 3.95. The van der Waals surface area contributed by atoms with Gasteiger partial charge in [0.1, 0.15) is 11.0 Å². The average molecular weight is 274 g/mol. The molecule has 0 saturated heterocycles. The summed E-state index contributed by atoms with van der Waals surface area (Å²) in [5, 5.41) is 22.9. The van der Waals surface area contributed by atoms with Crippen LogP contribution in [0.1, 0.15) is 36.0 Å². The number of nitrogens with zero attached hydrogens (tertiary/aromatic N) is 2. The first-order valence-electron chi connectivity index (χ1n) is 6.99. The number of nitrogens with one attached hydrogen (secondary N) is 2. The maximum atomic E-state index is 12.1. The largest absolute Gasteiger partial charge is 0.393 e. The lowest BCUT2D eigenvalue weighted by Crippen LogP contribution is -2.32. The maximum Gasteiger partial charge on any atom is 0.251 e. The fraction of sp³-hybridized carbons (Fsp3) is 0.500. The molecule has 1 fully saturated rings. The van der Waals surface area contributed by atoms with Crippen LogP contribution in [0.4, 0.5) is 0 Å². The third kappa shape index (κ3) is 2.80. The highest BCUT2D eigenvalue weighted by atomic mass is 16.3. The molecule has 106 valence electrons. The number of aliphatic hydroxyl groups is 1. The fourth-order valence-corrected chi connectivity index (χ4v) is 2.67. The van der Waals surface area contributed by atoms with Crippen molar-refractivity contribution < 1.29 is 9.90 Å². The molecule has 1 amide bonds. The van der Waals surface area contributed by atoms with E-state index < -0.39 is 0 Å². The Balaban J connectivity index is 1.58. The predicted octanol–water partition coefficient (Wildman–Crippen LogP) is 1.24. The average Bonchev–Trinajstić information content (AvgIpc) is 2.93. The molecule has 0 spiro atoms. The van der Waals surface area contributed by atoms with E-state index in [1.54, 1.807) is 18.2 Å². The van der Waals surface area contributed by atoms with Crippen molar-refractivity contribution in [1.82, 2.24) is 20.7 Å². The number of carbonyl (C=O) groups is 1. The molecule has 1 aliphatic carbocycles. The first-order valence-corrected chi connectivity index (χ1v) is 6.99. The standard InChI is InChI=1S/C14H18N4O2/c19-11-4-1-9(2-5-11)8-15-14(20)10-3-6-12-13(7-10)17-18-16-12/h3,6-7,9,11,19H,1-2,4-5,8H2,(H,15,20)(H,16,17,18). The van der Waals surface area contributed by atoms with Gasteiger partial charge in [0.25, 0.3) is 5.91 Å². The van der Waals surface area contributed by atoms with Crippen molar-refractivity contribution in [3.63, 3.8) is 0 Å². The molecule has 2 aromatic rings. The molecular weight excluding hydrogens is 256 g/mol. The Kier molecular flexibility index (Phi) is 3.64. The number of carbonyl (C=O) groups excluding carboxylic acids is 1. The smallest absolute Gasteiger partial charge is 0.251 e. The Morgan fingerprint density at radius 1 is 1.25 bits per heavy atom. The lowest BCUT2D eigenvalue weighted by Gasteiger charge is -2.25. The Labute approximate surface area is 116 Å². The molecule has 1 saturated carbocycles. The molecule has 0 radical (unpaired) electrons. The normalized spacial score (nSPS) is 22.9. The topological polar surface area (TPSA) is 90.9 Å². The predicted molar refractivity (Wildman–Crippen MR) is 74.2 cm³/mol. The summed E-state index contributed by atoms with van der Waals surface area (Å²) in [7, 11) is 0. The summed E-state index contributed by atoms with van der Waals surface area (Å²) in [6, 6.07) is 5.27. The Bertz CT molecular complexity index is 602. The van der Waals surface area contributed by atoms with Crippen molar-refractivity contribution in [2.24, 2.45) is 5.92 Å². The molecule has 1 aromatic heterocycles. The first-order chi connectivity index (χ1) is 9.72. The van der Waals surface area contributed by atoms with Crippen LogP contribution in [0.5, 0.6) is 0 Å². The zero-order valence-corrected chi connectivity index (χ0v) is 11.2. The van der Waals surface area contributed by atoms with Gasteiger partial charge in [0.15, 0.2) is 0 Å². The number of hydrogen-bond donors (Lipinski definition) is 3. The molecule has 0 atom stereocenters. The van der Waals surface area contributed by atoms with Gasteiger partial charge in [0.2, 0.25) is 0 Å². The summed E-state index contributed by atoms with van der Waals surface area (Å²) >= 11 is 0. The fourth-order valence-electron chi connectivity index (χ4n) is 2.67. The zero-order valence-electron chi connectivity index (χ0n) is 11.2. The van der Waals surface area contributed by atoms with Gasteiger partial charge in [-0.25, -0.2) is 0 Å². The summed E-state index contributed by atoms with van der Waals surface area (Å²) in [6.07, 6.45) is 3.47. The molecule has 3 N–H and O–H groups in total. The van der Waals surface area contributed by atoms with Gasteiger partial charge in [0.05, 0.1) is 6.10 Å². The second kappa shape index (κ2) is 5.58. The minimum absolute atomic E-state index is 0.0824. The van der Waals surface area contributed by atoms with Crippen LogP contribution in [0.3, 0.4) is 0 Å². The number of H-pyrrole nitrogens is 1. The molecule has 3 rings (SSSR count). The van der Waals surface area contributed by atoms with Crippen molar-refractivity contribution in [2.75, 3.05) is 6.54 Å². The van der Waals surface area contributed by atoms with Crippen LogP contribution in [-0.4, -0.2) is 39.1 Å². The molecule has 0 aliphatic heterocycles. The van der Waals surface area contributed by atoms with Gasteiger partial charge in [-0.05, 0) is 49.8 Å². The van der Waals surface area contributed by atoms with E-state index in [-0.39, 0.29) is 12.0 Å². The van der Waals surface area contributed by atoms with Crippen LogP contribution in [0.15, 0.2) is 18.2 Å². The Morgan fingerprint density at radius 3 is 2.80 bits per heavy atom. The molecule has 0 bridgehead atoms. The van der Waals surface area contributed by atoms with Crippen molar-refractivity contribution in [1.29, 1.82) is 0 Å². The SMILES string of the molecule is O=C(NCC1CCC(O)CC1)c1ccc2n[nH]nc2c1. The van der Waals surface area contributed by atoms with E-state index in [0.717, 1.165) is 31.2 Å². The van der Waals surface area contributed by atoms with Crippen LogP contribution in [-0.2, 0) is 0 Å². The van der Waals surface area contributed by atoms with Gasteiger partial charge in [-0.15, -0.1) is 0 Å². The summed E-state index contributed by atoms with van der Waals surface area (Å²) in [5.74, 6) is 0.388. The van der Waals surface area contributed by atoms with Gasteiger partial charge in [-0.2, -0.15) is 15.4 Å². The highest BCUT2D eigenvalue weighted by Crippen LogP contribution is 2.23. The number of rotatable bonds is 3. The monoisotopic (exact) mass is 274 g/mol. The molecule has 6 nitrogen and oxygen atoms in total. The minimum Gasteiger partial charge on any atom is -0.393 e. The minimum atomic E-state index is -0.156. The van der Waals surface area contributed by atoms with Crippen LogP contribution < -0.4 is 5.32 Å². The lowest BCUT2D eigenvalue weighted by molar-refractivity contribution is 0.0910. The van der Waals surface area contributed by atoms with E-state index in [2.05, 4.69) is 20.7 Å². The van der Waals surface area contributed by atoms with Crippen molar-refractivity contribution in [2.45, 2.75) is 31.8 Å². The van der Waals surface area contributed by atoms with Crippen molar-refractivity contribution >= 4 is 16.9 Å². The number of benzene rings is 1. The second-order valence-electron chi connectivity index (χ2n) is 5.41. The summed E-state index contributed by atoms with van der Waals surface area (Å²) in [5.41, 5.74) is 2.04.